The number of nitrogens with one attached hydrogen (secondary N) is 1. The van der Waals surface area contributed by atoms with E-state index in [1.807, 2.05) is 27.1 Å². The third-order valence-corrected chi connectivity index (χ3v) is 2.76. The molecule has 0 saturated heterocycles. The number of aromatic amines is 1. The molecule has 0 saturated carbocycles. The lowest BCUT2D eigenvalue weighted by Crippen LogP contribution is -2.18. The van der Waals surface area contributed by atoms with E-state index in [1.165, 1.54) is 0 Å². The Balaban J connectivity index is 3.33. The van der Waals surface area contributed by atoms with E-state index in [1.54, 1.807) is 11.1 Å². The summed E-state index contributed by atoms with van der Waals surface area (Å²) in [5.74, 6) is 0. The molecule has 1 rings (SSSR count). The number of unbranched alkanes of at least 4 members (excludes halogenated alkanes) is 1. The summed E-state index contributed by atoms with van der Waals surface area (Å²) in [6.07, 6.45) is 2.82. The topological polar surface area (TPSA) is 72.2 Å². The molecule has 0 radical (unpaired) electrons. The molecule has 0 unspecified atom stereocenters. The maximum atomic E-state index is 11.7. The van der Waals surface area contributed by atoms with Crippen molar-refractivity contribution in [2.45, 2.75) is 33.1 Å². The summed E-state index contributed by atoms with van der Waals surface area (Å²) in [6, 6.07) is 3.55. The third kappa shape index (κ3) is 3.95. The van der Waals surface area contributed by atoms with E-state index in [2.05, 4.69) is 17.0 Å². The van der Waals surface area contributed by atoms with Crippen molar-refractivity contribution in [3.8, 4) is 6.07 Å². The number of hydrogen-bond acceptors (Lipinski definition) is 4. The normalized spacial score (nSPS) is 11.2. The molecule has 0 aliphatic rings. The van der Waals surface area contributed by atoms with Crippen LogP contribution in [0, 0.1) is 11.3 Å². The quantitative estimate of drug-likeness (QED) is 0.649. The number of nitriles is 1. The molecule has 102 valence electrons. The summed E-state index contributed by atoms with van der Waals surface area (Å²) in [4.78, 5) is 14.5. The van der Waals surface area contributed by atoms with E-state index in [9.17, 15) is 4.79 Å². The first kappa shape index (κ1) is 15.0. The second-order valence-corrected chi connectivity index (χ2v) is 4.65. The number of aromatic nitrogens is 1. The van der Waals surface area contributed by atoms with E-state index in [0.717, 1.165) is 36.2 Å². The molecule has 1 aromatic rings. The van der Waals surface area contributed by atoms with Crippen LogP contribution in [0.3, 0.4) is 0 Å². The number of hydrogen-bond donors (Lipinski definition) is 1. The van der Waals surface area contributed by atoms with Crippen LogP contribution in [-0.4, -0.2) is 29.8 Å². The lowest BCUT2D eigenvalue weighted by atomic mass is 10.0. The average molecular weight is 260 g/mol. The predicted molar refractivity (Wildman–Crippen MR) is 76.3 cm³/mol. The van der Waals surface area contributed by atoms with Gasteiger partial charge in [0.15, 0.2) is 0 Å². The second-order valence-electron chi connectivity index (χ2n) is 4.65. The molecule has 1 aromatic heterocycles. The predicted octanol–water partition coefficient (Wildman–Crippen LogP) is 1.87. The molecule has 0 amide bonds. The first-order chi connectivity index (χ1) is 8.99. The smallest absolute Gasteiger partial charge is 0.266 e. The van der Waals surface area contributed by atoms with Gasteiger partial charge in [0.2, 0.25) is 0 Å². The van der Waals surface area contributed by atoms with Gasteiger partial charge in [-0.05, 0) is 25.8 Å². The van der Waals surface area contributed by atoms with Crippen LogP contribution >= 0.6 is 0 Å². The van der Waals surface area contributed by atoms with Gasteiger partial charge < -0.3 is 9.99 Å². The number of pyridine rings is 1. The fourth-order valence-electron chi connectivity index (χ4n) is 1.88. The SMILES string of the molecule is CCCCc1[nH]c(=O)c(C#N)cc1/C(C)=N\N(C)C. The minimum absolute atomic E-state index is 0.128. The van der Waals surface area contributed by atoms with Crippen molar-refractivity contribution in [2.75, 3.05) is 14.1 Å². The lowest BCUT2D eigenvalue weighted by Gasteiger charge is -2.12. The summed E-state index contributed by atoms with van der Waals surface area (Å²) in [5.41, 5.74) is 2.30. The van der Waals surface area contributed by atoms with Crippen molar-refractivity contribution in [3.63, 3.8) is 0 Å². The van der Waals surface area contributed by atoms with Gasteiger partial charge in [-0.2, -0.15) is 10.4 Å². The molecule has 19 heavy (non-hydrogen) atoms. The molecule has 0 bridgehead atoms. The Morgan fingerprint density at radius 1 is 1.53 bits per heavy atom. The minimum atomic E-state index is -0.324. The van der Waals surface area contributed by atoms with Gasteiger partial charge in [0.25, 0.3) is 5.56 Å². The molecule has 1 N–H and O–H groups in total. The van der Waals surface area contributed by atoms with Crippen LogP contribution in [0.25, 0.3) is 0 Å². The van der Waals surface area contributed by atoms with Crippen molar-refractivity contribution in [1.82, 2.24) is 9.99 Å². The van der Waals surface area contributed by atoms with Gasteiger partial charge in [-0.25, -0.2) is 0 Å². The Bertz CT molecular complexity index is 564. The van der Waals surface area contributed by atoms with Crippen LogP contribution in [0.15, 0.2) is 16.0 Å². The van der Waals surface area contributed by atoms with Crippen LogP contribution in [0.2, 0.25) is 0 Å². The molecule has 0 aliphatic heterocycles. The minimum Gasteiger partial charge on any atom is -0.324 e. The largest absolute Gasteiger partial charge is 0.324 e. The fraction of sp³-hybridized carbons (Fsp3) is 0.500. The van der Waals surface area contributed by atoms with Gasteiger partial charge >= 0.3 is 0 Å². The van der Waals surface area contributed by atoms with Crippen molar-refractivity contribution >= 4 is 5.71 Å². The van der Waals surface area contributed by atoms with E-state index in [-0.39, 0.29) is 11.1 Å². The van der Waals surface area contributed by atoms with Gasteiger partial charge in [-0.1, -0.05) is 13.3 Å². The van der Waals surface area contributed by atoms with Crippen LogP contribution in [0.1, 0.15) is 43.5 Å². The third-order valence-electron chi connectivity index (χ3n) is 2.76. The van der Waals surface area contributed by atoms with Gasteiger partial charge in [-0.15, -0.1) is 0 Å². The molecule has 5 nitrogen and oxygen atoms in total. The fourth-order valence-corrected chi connectivity index (χ4v) is 1.88. The van der Waals surface area contributed by atoms with E-state index in [4.69, 9.17) is 5.26 Å². The van der Waals surface area contributed by atoms with Gasteiger partial charge in [0.05, 0.1) is 5.71 Å². The molecule has 0 aromatic carbocycles. The monoisotopic (exact) mass is 260 g/mol. The Kier molecular flexibility index (Phi) is 5.31. The Labute approximate surface area is 113 Å². The summed E-state index contributed by atoms with van der Waals surface area (Å²) < 4.78 is 0. The van der Waals surface area contributed by atoms with Crippen LogP contribution in [0.4, 0.5) is 0 Å². The molecule has 0 spiro atoms. The van der Waals surface area contributed by atoms with Crippen molar-refractivity contribution < 1.29 is 0 Å². The molecule has 0 atom stereocenters. The first-order valence-electron chi connectivity index (χ1n) is 6.38. The van der Waals surface area contributed by atoms with E-state index in [0.29, 0.717) is 0 Å². The van der Waals surface area contributed by atoms with Crippen molar-refractivity contribution in [2.24, 2.45) is 5.10 Å². The number of nitrogens with zero attached hydrogens (tertiary/aromatic N) is 3. The van der Waals surface area contributed by atoms with Crippen molar-refractivity contribution in [3.05, 3.63) is 33.2 Å². The zero-order chi connectivity index (χ0) is 14.4. The summed E-state index contributed by atoms with van der Waals surface area (Å²) in [6.45, 7) is 3.98. The van der Waals surface area contributed by atoms with Crippen LogP contribution in [-0.2, 0) is 6.42 Å². The highest BCUT2D eigenvalue weighted by Crippen LogP contribution is 2.11. The zero-order valence-electron chi connectivity index (χ0n) is 11.9. The van der Waals surface area contributed by atoms with Gasteiger partial charge in [0, 0.05) is 25.4 Å². The number of aryl methyl sites for hydroxylation is 1. The highest BCUT2D eigenvalue weighted by atomic mass is 16.1. The molecule has 1 heterocycles. The van der Waals surface area contributed by atoms with Crippen LogP contribution < -0.4 is 5.56 Å². The second kappa shape index (κ2) is 6.74. The highest BCUT2D eigenvalue weighted by Gasteiger charge is 2.11. The maximum absolute atomic E-state index is 11.7. The average Bonchev–Trinajstić information content (AvgIpc) is 2.35. The van der Waals surface area contributed by atoms with Crippen molar-refractivity contribution in [1.29, 1.82) is 5.26 Å². The molecular weight excluding hydrogens is 240 g/mol. The molecule has 0 aliphatic carbocycles. The lowest BCUT2D eigenvalue weighted by molar-refractivity contribution is 0.437. The maximum Gasteiger partial charge on any atom is 0.266 e. The van der Waals surface area contributed by atoms with E-state index < -0.39 is 0 Å². The Hall–Kier alpha value is -2.09. The molecular formula is C14H20N4O. The summed E-state index contributed by atoms with van der Waals surface area (Å²) in [7, 11) is 3.68. The van der Waals surface area contributed by atoms with Crippen LogP contribution in [0.5, 0.6) is 0 Å². The standard InChI is InChI=1S/C14H20N4O/c1-5-6-7-13-12(10(2)17-18(3)4)8-11(9-15)14(19)16-13/h8H,5-7H2,1-4H3,(H,16,19)/b17-10-. The Morgan fingerprint density at radius 3 is 2.74 bits per heavy atom. The number of H-pyrrole nitrogens is 1. The number of hydrazone groups is 1. The summed E-state index contributed by atoms with van der Waals surface area (Å²) in [5, 5.41) is 15.0. The Morgan fingerprint density at radius 2 is 2.21 bits per heavy atom. The van der Waals surface area contributed by atoms with Gasteiger partial charge in [-0.3, -0.25) is 4.79 Å². The molecule has 5 heteroatoms. The first-order valence-corrected chi connectivity index (χ1v) is 6.38. The van der Waals surface area contributed by atoms with Gasteiger partial charge in [0.1, 0.15) is 11.6 Å². The number of rotatable bonds is 5. The highest BCUT2D eigenvalue weighted by molar-refractivity contribution is 5.99. The molecule has 0 fully saturated rings. The summed E-state index contributed by atoms with van der Waals surface area (Å²) >= 11 is 0. The van der Waals surface area contributed by atoms with E-state index >= 15 is 0 Å². The zero-order valence-corrected chi connectivity index (χ0v) is 11.9.